The fraction of sp³-hybridized carbons (Fsp3) is 0.444. The second-order valence-corrected chi connectivity index (χ2v) is 10.3. The van der Waals surface area contributed by atoms with E-state index in [0.29, 0.717) is 5.92 Å². The molecule has 34 heavy (non-hydrogen) atoms. The molecule has 0 spiro atoms. The lowest BCUT2D eigenvalue weighted by Crippen LogP contribution is -2.37. The highest BCUT2D eigenvalue weighted by atomic mass is 32.1. The first-order valence-corrected chi connectivity index (χ1v) is 12.9. The Morgan fingerprint density at radius 2 is 2.09 bits per heavy atom. The second kappa shape index (κ2) is 10.7. The van der Waals surface area contributed by atoms with Crippen molar-refractivity contribution in [3.8, 4) is 22.0 Å². The van der Waals surface area contributed by atoms with Crippen molar-refractivity contribution in [2.24, 2.45) is 5.92 Å². The van der Waals surface area contributed by atoms with Gasteiger partial charge in [0, 0.05) is 23.4 Å². The van der Waals surface area contributed by atoms with E-state index < -0.39 is 5.97 Å². The zero-order chi connectivity index (χ0) is 24.2. The number of aromatic nitrogens is 2. The van der Waals surface area contributed by atoms with Gasteiger partial charge in [0.1, 0.15) is 11.0 Å². The predicted molar refractivity (Wildman–Crippen MR) is 139 cm³/mol. The Balaban J connectivity index is 1.55. The number of rotatable bonds is 9. The first-order chi connectivity index (χ1) is 16.4. The Kier molecular flexibility index (Phi) is 7.63. The van der Waals surface area contributed by atoms with Crippen LogP contribution in [0.5, 0.6) is 0 Å². The minimum Gasteiger partial charge on any atom is -0.480 e. The molecule has 1 aromatic heterocycles. The Labute approximate surface area is 206 Å². The quantitative estimate of drug-likeness (QED) is 0.405. The zero-order valence-corrected chi connectivity index (χ0v) is 21.1. The van der Waals surface area contributed by atoms with Crippen molar-refractivity contribution in [1.29, 1.82) is 0 Å². The molecule has 0 aliphatic carbocycles. The molecule has 2 heterocycles. The molecule has 1 saturated heterocycles. The maximum absolute atomic E-state index is 11.5. The largest absolute Gasteiger partial charge is 0.480 e. The van der Waals surface area contributed by atoms with Crippen molar-refractivity contribution < 1.29 is 9.90 Å². The van der Waals surface area contributed by atoms with E-state index in [1.54, 1.807) is 0 Å². The first kappa shape index (κ1) is 24.4. The van der Waals surface area contributed by atoms with E-state index in [-0.39, 0.29) is 6.04 Å². The summed E-state index contributed by atoms with van der Waals surface area (Å²) in [5.74, 6) is 0.591. The first-order valence-electron chi connectivity index (χ1n) is 12.2. The molecule has 1 fully saturated rings. The molecule has 4 rings (SSSR count). The van der Waals surface area contributed by atoms with E-state index in [1.807, 2.05) is 6.07 Å². The molecule has 180 valence electrons. The van der Waals surface area contributed by atoms with Gasteiger partial charge in [-0.05, 0) is 78.9 Å². The lowest BCUT2D eigenvalue weighted by Gasteiger charge is -2.22. The summed E-state index contributed by atoms with van der Waals surface area (Å²) < 4.78 is 4.69. The summed E-state index contributed by atoms with van der Waals surface area (Å²) in [5, 5.41) is 10.3. The summed E-state index contributed by atoms with van der Waals surface area (Å²) in [7, 11) is 0. The van der Waals surface area contributed by atoms with Crippen LogP contribution in [-0.2, 0) is 24.1 Å². The molecule has 6 nitrogen and oxygen atoms in total. The number of likely N-dealkylation sites (tertiary alicyclic amines) is 1. The summed E-state index contributed by atoms with van der Waals surface area (Å²) in [4.78, 5) is 18.5. The minimum absolute atomic E-state index is 0.351. The molecule has 3 N–H and O–H groups in total. The molecule has 3 aromatic rings. The van der Waals surface area contributed by atoms with Gasteiger partial charge in [-0.2, -0.15) is 4.37 Å². The molecule has 1 aliphatic heterocycles. The number of nitrogens with zero attached hydrogens (tertiary/aromatic N) is 3. The Bertz CT molecular complexity index is 1160. The number of nitrogen functional groups attached to an aromatic ring is 1. The number of hydrogen-bond donors (Lipinski definition) is 2. The smallest absolute Gasteiger partial charge is 0.320 e. The molecule has 1 aliphatic rings. The van der Waals surface area contributed by atoms with E-state index >= 15 is 0 Å². The van der Waals surface area contributed by atoms with E-state index in [0.717, 1.165) is 72.8 Å². The van der Waals surface area contributed by atoms with Crippen molar-refractivity contribution in [3.63, 3.8) is 0 Å². The molecular formula is C27H34N4O2S. The summed E-state index contributed by atoms with van der Waals surface area (Å²) in [6.45, 7) is 8.15. The summed E-state index contributed by atoms with van der Waals surface area (Å²) in [6, 6.07) is 12.1. The van der Waals surface area contributed by atoms with Crippen LogP contribution in [0.1, 0.15) is 50.3 Å². The fourth-order valence-corrected chi connectivity index (χ4v) is 5.61. The number of aliphatic carboxylic acids is 1. The molecule has 0 unspecified atom stereocenters. The van der Waals surface area contributed by atoms with Crippen LogP contribution in [0.4, 0.5) is 5.69 Å². The van der Waals surface area contributed by atoms with Crippen molar-refractivity contribution in [1.82, 2.24) is 14.3 Å². The number of anilines is 1. The number of benzene rings is 2. The summed E-state index contributed by atoms with van der Waals surface area (Å²) in [5.41, 5.74) is 12.8. The minimum atomic E-state index is -0.709. The van der Waals surface area contributed by atoms with Crippen LogP contribution in [0.15, 0.2) is 36.4 Å². The number of nitrogens with two attached hydrogens (primary N) is 1. The average Bonchev–Trinajstić information content (AvgIpc) is 3.48. The number of carboxylic acids is 1. The van der Waals surface area contributed by atoms with Gasteiger partial charge < -0.3 is 10.8 Å². The third-order valence-corrected chi connectivity index (χ3v) is 7.40. The Morgan fingerprint density at radius 1 is 1.26 bits per heavy atom. The summed E-state index contributed by atoms with van der Waals surface area (Å²) in [6.07, 6.45) is 4.35. The molecule has 0 radical (unpaired) electrons. The maximum Gasteiger partial charge on any atom is 0.320 e. The monoisotopic (exact) mass is 478 g/mol. The van der Waals surface area contributed by atoms with E-state index in [2.05, 4.69) is 60.4 Å². The molecule has 2 aromatic carbocycles. The van der Waals surface area contributed by atoms with Crippen molar-refractivity contribution in [2.45, 2.75) is 58.9 Å². The van der Waals surface area contributed by atoms with Crippen molar-refractivity contribution in [2.75, 3.05) is 18.8 Å². The van der Waals surface area contributed by atoms with Crippen LogP contribution in [0.25, 0.3) is 22.0 Å². The molecular weight excluding hydrogens is 444 g/mol. The normalized spacial score (nSPS) is 16.4. The van der Waals surface area contributed by atoms with Gasteiger partial charge in [0.05, 0.1) is 0 Å². The van der Waals surface area contributed by atoms with Gasteiger partial charge in [-0.1, -0.05) is 51.1 Å². The molecule has 0 saturated carbocycles. The third kappa shape index (κ3) is 5.31. The standard InChI is InChI=1S/C27H34N4O2S/c1-4-21-18(12-14-31-13-6-9-24(31)27(32)33)7-5-8-22(21)25-29-26(34-30-25)20-11-10-19(15-17(2)3)23(28)16-20/h5,7-8,10-11,16-17,24H,4,6,9,12-15,28H2,1-3H3,(H,32,33)/t24-/m0/s1. The Hall–Kier alpha value is -2.77. The van der Waals surface area contributed by atoms with Gasteiger partial charge in [-0.25, -0.2) is 4.98 Å². The topological polar surface area (TPSA) is 92.3 Å². The van der Waals surface area contributed by atoms with Gasteiger partial charge >= 0.3 is 5.97 Å². The van der Waals surface area contributed by atoms with Crippen LogP contribution in [0, 0.1) is 5.92 Å². The molecule has 7 heteroatoms. The SMILES string of the molecule is CCc1c(CCN2CCC[C@H]2C(=O)O)cccc1-c1nsc(-c2ccc(CC(C)C)c(N)c2)n1. The van der Waals surface area contributed by atoms with Gasteiger partial charge in [0.2, 0.25) is 0 Å². The molecule has 1 atom stereocenters. The average molecular weight is 479 g/mol. The lowest BCUT2D eigenvalue weighted by molar-refractivity contribution is -0.142. The number of carboxylic acid groups (broad SMARTS) is 1. The Morgan fingerprint density at radius 3 is 2.79 bits per heavy atom. The van der Waals surface area contributed by atoms with Crippen molar-refractivity contribution in [3.05, 3.63) is 53.1 Å². The van der Waals surface area contributed by atoms with Crippen LogP contribution in [-0.4, -0.2) is 44.5 Å². The van der Waals surface area contributed by atoms with Gasteiger partial charge in [-0.15, -0.1) is 0 Å². The number of hydrogen-bond acceptors (Lipinski definition) is 6. The third-order valence-electron chi connectivity index (χ3n) is 6.63. The maximum atomic E-state index is 11.5. The lowest BCUT2D eigenvalue weighted by atomic mass is 9.96. The fourth-order valence-electron chi connectivity index (χ4n) is 4.94. The highest BCUT2D eigenvalue weighted by Crippen LogP contribution is 2.32. The predicted octanol–water partition coefficient (Wildman–Crippen LogP) is 5.31. The molecule has 0 amide bonds. The second-order valence-electron chi connectivity index (χ2n) is 9.51. The van der Waals surface area contributed by atoms with E-state index in [4.69, 9.17) is 10.7 Å². The van der Waals surface area contributed by atoms with Gasteiger partial charge in [0.25, 0.3) is 0 Å². The van der Waals surface area contributed by atoms with Crippen LogP contribution in [0.2, 0.25) is 0 Å². The van der Waals surface area contributed by atoms with Gasteiger partial charge in [-0.3, -0.25) is 9.69 Å². The van der Waals surface area contributed by atoms with Crippen LogP contribution < -0.4 is 5.73 Å². The highest BCUT2D eigenvalue weighted by Gasteiger charge is 2.30. The molecule has 0 bridgehead atoms. The number of carbonyl (C=O) groups is 1. The summed E-state index contributed by atoms with van der Waals surface area (Å²) >= 11 is 1.40. The van der Waals surface area contributed by atoms with E-state index in [9.17, 15) is 9.90 Å². The highest BCUT2D eigenvalue weighted by molar-refractivity contribution is 7.09. The zero-order valence-electron chi connectivity index (χ0n) is 20.3. The van der Waals surface area contributed by atoms with Crippen LogP contribution >= 0.6 is 11.5 Å². The van der Waals surface area contributed by atoms with Crippen molar-refractivity contribution >= 4 is 23.2 Å². The van der Waals surface area contributed by atoms with Gasteiger partial charge in [0.15, 0.2) is 5.82 Å². The van der Waals surface area contributed by atoms with E-state index in [1.165, 1.54) is 28.2 Å². The van der Waals surface area contributed by atoms with Crippen LogP contribution in [0.3, 0.4) is 0 Å².